The lowest BCUT2D eigenvalue weighted by Gasteiger charge is -2.17. The predicted molar refractivity (Wildman–Crippen MR) is 62.4 cm³/mol. The lowest BCUT2D eigenvalue weighted by atomic mass is 10.1. The number of carbonyl (C=O) groups is 2. The summed E-state index contributed by atoms with van der Waals surface area (Å²) in [5.74, 6) is -2.01. The molecule has 0 aliphatic rings. The first-order valence-electron chi connectivity index (χ1n) is 5.78. The second-order valence-electron chi connectivity index (χ2n) is 4.31. The molecule has 0 aliphatic heterocycles. The van der Waals surface area contributed by atoms with Gasteiger partial charge >= 0.3 is 11.9 Å². The minimum atomic E-state index is -0.903. The molecule has 0 fully saturated rings. The van der Waals surface area contributed by atoms with Gasteiger partial charge in [-0.15, -0.1) is 0 Å². The van der Waals surface area contributed by atoms with E-state index in [1.54, 1.807) is 27.7 Å². The third-order valence-electron chi connectivity index (χ3n) is 1.88. The Balaban J connectivity index is 4.50. The molecule has 0 radical (unpaired) electrons. The number of rotatable bonds is 7. The highest BCUT2D eigenvalue weighted by atomic mass is 16.6. The van der Waals surface area contributed by atoms with Crippen molar-refractivity contribution >= 4 is 11.9 Å². The van der Waals surface area contributed by atoms with Crippen molar-refractivity contribution in [3.05, 3.63) is 0 Å². The molecule has 0 unspecified atom stereocenters. The minimum Gasteiger partial charge on any atom is -0.462 e. The zero-order chi connectivity index (χ0) is 13.4. The second kappa shape index (κ2) is 8.06. The van der Waals surface area contributed by atoms with E-state index in [2.05, 4.69) is 0 Å². The molecular weight excluding hydrogens is 224 g/mol. The van der Waals surface area contributed by atoms with Crippen molar-refractivity contribution in [2.45, 2.75) is 46.3 Å². The Morgan fingerprint density at radius 1 is 0.941 bits per heavy atom. The molecule has 0 bridgehead atoms. The number of carbonyl (C=O) groups excluding carboxylic acids is 2. The van der Waals surface area contributed by atoms with E-state index in [1.165, 1.54) is 7.11 Å². The molecule has 0 amide bonds. The van der Waals surface area contributed by atoms with Gasteiger partial charge < -0.3 is 14.2 Å². The van der Waals surface area contributed by atoms with Crippen molar-refractivity contribution in [3.63, 3.8) is 0 Å². The summed E-state index contributed by atoms with van der Waals surface area (Å²) in [7, 11) is 1.51. The quantitative estimate of drug-likeness (QED) is 0.503. The molecule has 5 nitrogen and oxygen atoms in total. The number of methoxy groups -OCH3 is 1. The first-order valence-corrected chi connectivity index (χ1v) is 5.78. The fourth-order valence-corrected chi connectivity index (χ4v) is 1.20. The molecular formula is C12H22O5. The van der Waals surface area contributed by atoms with Crippen LogP contribution in [-0.2, 0) is 23.8 Å². The molecule has 0 aromatic carbocycles. The first-order chi connectivity index (χ1) is 7.88. The van der Waals surface area contributed by atoms with E-state index < -0.39 is 17.9 Å². The fraction of sp³-hybridized carbons (Fsp3) is 0.833. The summed E-state index contributed by atoms with van der Waals surface area (Å²) in [5, 5.41) is 0. The SMILES string of the molecule is COCCC(C(=O)OC(C)C)C(=O)OC(C)C. The van der Waals surface area contributed by atoms with Gasteiger partial charge in [0.05, 0.1) is 12.2 Å². The Labute approximate surface area is 102 Å². The van der Waals surface area contributed by atoms with E-state index in [1.807, 2.05) is 0 Å². The Bertz CT molecular complexity index is 225. The normalized spacial score (nSPS) is 11.1. The van der Waals surface area contributed by atoms with E-state index in [0.29, 0.717) is 6.61 Å². The summed E-state index contributed by atoms with van der Waals surface area (Å²) < 4.78 is 14.9. The predicted octanol–water partition coefficient (Wildman–Crippen LogP) is 1.54. The molecule has 5 heteroatoms. The highest BCUT2D eigenvalue weighted by Gasteiger charge is 2.30. The number of esters is 2. The van der Waals surface area contributed by atoms with Crippen molar-refractivity contribution in [3.8, 4) is 0 Å². The maximum absolute atomic E-state index is 11.7. The summed E-state index contributed by atoms with van der Waals surface area (Å²) in [4.78, 5) is 23.4. The smallest absolute Gasteiger partial charge is 0.320 e. The van der Waals surface area contributed by atoms with Gasteiger partial charge in [-0.25, -0.2) is 0 Å². The Kier molecular flexibility index (Phi) is 7.54. The van der Waals surface area contributed by atoms with Crippen LogP contribution in [0, 0.1) is 5.92 Å². The molecule has 0 rings (SSSR count). The summed E-state index contributed by atoms with van der Waals surface area (Å²) in [6, 6.07) is 0. The van der Waals surface area contributed by atoms with E-state index >= 15 is 0 Å². The summed E-state index contributed by atoms with van der Waals surface area (Å²) in [6.45, 7) is 7.25. The highest BCUT2D eigenvalue weighted by Crippen LogP contribution is 2.11. The lowest BCUT2D eigenvalue weighted by Crippen LogP contribution is -2.32. The van der Waals surface area contributed by atoms with Gasteiger partial charge in [0.1, 0.15) is 0 Å². The fourth-order valence-electron chi connectivity index (χ4n) is 1.20. The van der Waals surface area contributed by atoms with E-state index in [9.17, 15) is 9.59 Å². The van der Waals surface area contributed by atoms with Crippen LogP contribution in [0.1, 0.15) is 34.1 Å². The number of ether oxygens (including phenoxy) is 3. The van der Waals surface area contributed by atoms with Gasteiger partial charge in [-0.1, -0.05) is 0 Å². The van der Waals surface area contributed by atoms with Crippen molar-refractivity contribution in [1.29, 1.82) is 0 Å². The van der Waals surface area contributed by atoms with Gasteiger partial charge in [-0.2, -0.15) is 0 Å². The Hall–Kier alpha value is -1.10. The minimum absolute atomic E-state index is 0.251. The number of hydrogen-bond donors (Lipinski definition) is 0. The van der Waals surface area contributed by atoms with Crippen molar-refractivity contribution in [2.24, 2.45) is 5.92 Å². The van der Waals surface area contributed by atoms with Gasteiger partial charge in [0.15, 0.2) is 5.92 Å². The van der Waals surface area contributed by atoms with Crippen LogP contribution in [0.5, 0.6) is 0 Å². The van der Waals surface area contributed by atoms with Gasteiger partial charge in [0.25, 0.3) is 0 Å². The van der Waals surface area contributed by atoms with Gasteiger partial charge in [-0.3, -0.25) is 9.59 Å². The molecule has 0 aromatic rings. The first kappa shape index (κ1) is 15.9. The van der Waals surface area contributed by atoms with Crippen molar-refractivity contribution in [1.82, 2.24) is 0 Å². The molecule has 100 valence electrons. The van der Waals surface area contributed by atoms with Crippen molar-refractivity contribution in [2.75, 3.05) is 13.7 Å². The van der Waals surface area contributed by atoms with E-state index in [4.69, 9.17) is 14.2 Å². The summed E-state index contributed by atoms with van der Waals surface area (Å²) in [5.41, 5.74) is 0. The van der Waals surface area contributed by atoms with Crippen LogP contribution in [0.2, 0.25) is 0 Å². The van der Waals surface area contributed by atoms with Crippen molar-refractivity contribution < 1.29 is 23.8 Å². The third kappa shape index (κ3) is 6.94. The molecule has 0 atom stereocenters. The van der Waals surface area contributed by atoms with E-state index in [0.717, 1.165) is 0 Å². The average Bonchev–Trinajstić information content (AvgIpc) is 2.15. The molecule has 0 heterocycles. The average molecular weight is 246 g/mol. The molecule has 0 aromatic heterocycles. The molecule has 17 heavy (non-hydrogen) atoms. The van der Waals surface area contributed by atoms with Crippen LogP contribution in [0.25, 0.3) is 0 Å². The Morgan fingerprint density at radius 3 is 1.65 bits per heavy atom. The van der Waals surface area contributed by atoms with Gasteiger partial charge in [0.2, 0.25) is 0 Å². The molecule has 0 spiro atoms. The zero-order valence-corrected chi connectivity index (χ0v) is 11.2. The maximum Gasteiger partial charge on any atom is 0.320 e. The summed E-state index contributed by atoms with van der Waals surface area (Å²) in [6.07, 6.45) is -0.230. The van der Waals surface area contributed by atoms with Gasteiger partial charge in [-0.05, 0) is 34.1 Å². The monoisotopic (exact) mass is 246 g/mol. The third-order valence-corrected chi connectivity index (χ3v) is 1.88. The largest absolute Gasteiger partial charge is 0.462 e. The lowest BCUT2D eigenvalue weighted by molar-refractivity contribution is -0.167. The van der Waals surface area contributed by atoms with Crippen LogP contribution in [0.4, 0.5) is 0 Å². The molecule has 0 saturated heterocycles. The van der Waals surface area contributed by atoms with Crippen LogP contribution in [-0.4, -0.2) is 37.9 Å². The van der Waals surface area contributed by atoms with Gasteiger partial charge in [0, 0.05) is 13.7 Å². The Morgan fingerprint density at radius 2 is 1.35 bits per heavy atom. The topological polar surface area (TPSA) is 61.8 Å². The van der Waals surface area contributed by atoms with Crippen LogP contribution >= 0.6 is 0 Å². The number of hydrogen-bond acceptors (Lipinski definition) is 5. The molecule has 0 N–H and O–H groups in total. The molecule has 0 saturated carbocycles. The van der Waals surface area contributed by atoms with Crippen LogP contribution < -0.4 is 0 Å². The van der Waals surface area contributed by atoms with Crippen LogP contribution in [0.3, 0.4) is 0 Å². The highest BCUT2D eigenvalue weighted by molar-refractivity contribution is 5.95. The van der Waals surface area contributed by atoms with E-state index in [-0.39, 0.29) is 18.6 Å². The zero-order valence-electron chi connectivity index (χ0n) is 11.2. The molecule has 0 aliphatic carbocycles. The maximum atomic E-state index is 11.7. The summed E-state index contributed by atoms with van der Waals surface area (Å²) >= 11 is 0. The van der Waals surface area contributed by atoms with Crippen LogP contribution in [0.15, 0.2) is 0 Å². The standard InChI is InChI=1S/C12H22O5/c1-8(2)16-11(13)10(6-7-15-5)12(14)17-9(3)4/h8-10H,6-7H2,1-5H3. The second-order valence-corrected chi connectivity index (χ2v) is 4.31.